The van der Waals surface area contributed by atoms with Gasteiger partial charge in [0.15, 0.2) is 0 Å². The lowest BCUT2D eigenvalue weighted by Gasteiger charge is -1.96. The van der Waals surface area contributed by atoms with E-state index in [1.54, 1.807) is 6.20 Å². The molecule has 0 aromatic carbocycles. The Kier molecular flexibility index (Phi) is 2.42. The number of hydrogen-bond donors (Lipinski definition) is 1. The van der Waals surface area contributed by atoms with Crippen molar-refractivity contribution in [2.45, 2.75) is 11.8 Å². The third-order valence-corrected chi connectivity index (χ3v) is 2.31. The highest BCUT2D eigenvalue weighted by molar-refractivity contribution is 8.68. The van der Waals surface area contributed by atoms with Gasteiger partial charge in [0.2, 0.25) is 0 Å². The molecule has 48 valence electrons. The summed E-state index contributed by atoms with van der Waals surface area (Å²) in [6.45, 7) is 2.02. The second-order valence-corrected chi connectivity index (χ2v) is 2.90. The van der Waals surface area contributed by atoms with Crippen LogP contribution in [0.4, 0.5) is 0 Å². The maximum absolute atomic E-state index is 4.07. The number of nitrogens with zero attached hydrogens (tertiary/aromatic N) is 1. The van der Waals surface area contributed by atoms with E-state index < -0.39 is 0 Å². The van der Waals surface area contributed by atoms with Crippen LogP contribution in [0.5, 0.6) is 0 Å². The summed E-state index contributed by atoms with van der Waals surface area (Å²) in [4.78, 5) is 5.12. The fourth-order valence-corrected chi connectivity index (χ4v) is 1.50. The topological polar surface area (TPSA) is 12.9 Å². The first kappa shape index (κ1) is 6.96. The Morgan fingerprint density at radius 2 is 2.44 bits per heavy atom. The molecule has 0 saturated carbocycles. The van der Waals surface area contributed by atoms with Crippen molar-refractivity contribution in [3.05, 3.63) is 24.0 Å². The summed E-state index contributed by atoms with van der Waals surface area (Å²) in [6, 6.07) is 1.95. The van der Waals surface area contributed by atoms with Gasteiger partial charge in [0.05, 0.1) is 0 Å². The fourth-order valence-electron chi connectivity index (χ4n) is 0.563. The summed E-state index contributed by atoms with van der Waals surface area (Å²) in [5.41, 5.74) is 1.18. The van der Waals surface area contributed by atoms with Crippen LogP contribution < -0.4 is 0 Å². The van der Waals surface area contributed by atoms with E-state index >= 15 is 0 Å². The minimum absolute atomic E-state index is 1.17. The predicted molar refractivity (Wildman–Crippen MR) is 43.8 cm³/mol. The Morgan fingerprint density at radius 1 is 1.67 bits per heavy atom. The first-order valence-electron chi connectivity index (χ1n) is 2.56. The molecule has 0 fully saturated rings. The van der Waals surface area contributed by atoms with Crippen molar-refractivity contribution in [1.82, 2.24) is 4.98 Å². The molecule has 0 aliphatic carbocycles. The van der Waals surface area contributed by atoms with Crippen LogP contribution in [0.3, 0.4) is 0 Å². The lowest BCUT2D eigenvalue weighted by Crippen LogP contribution is -1.77. The number of hydrogen-bond acceptors (Lipinski definition) is 3. The van der Waals surface area contributed by atoms with Gasteiger partial charge in [-0.05, 0) is 18.6 Å². The number of aryl methyl sites for hydroxylation is 1. The van der Waals surface area contributed by atoms with Crippen molar-refractivity contribution < 1.29 is 0 Å². The van der Waals surface area contributed by atoms with Crippen LogP contribution >= 0.6 is 22.5 Å². The normalized spacial score (nSPS) is 9.56. The molecule has 1 rings (SSSR count). The Bertz CT molecular complexity index is 200. The maximum atomic E-state index is 4.07. The molecule has 9 heavy (non-hydrogen) atoms. The van der Waals surface area contributed by atoms with Gasteiger partial charge in [-0.3, -0.25) is 4.98 Å². The molecule has 0 amide bonds. The molecule has 0 radical (unpaired) electrons. The van der Waals surface area contributed by atoms with Gasteiger partial charge in [-0.25, -0.2) is 0 Å². The van der Waals surface area contributed by atoms with Crippen LogP contribution in [0.15, 0.2) is 23.4 Å². The maximum Gasteiger partial charge on any atom is 0.0308 e. The lowest BCUT2D eigenvalue weighted by molar-refractivity contribution is 1.19. The van der Waals surface area contributed by atoms with E-state index in [2.05, 4.69) is 16.6 Å². The SMILES string of the molecule is Cc1cnccc1SS. The number of pyridine rings is 1. The van der Waals surface area contributed by atoms with Crippen LogP contribution in [0.25, 0.3) is 0 Å². The second kappa shape index (κ2) is 3.13. The van der Waals surface area contributed by atoms with Crippen LogP contribution in [0.2, 0.25) is 0 Å². The fraction of sp³-hybridized carbons (Fsp3) is 0.167. The molecule has 0 atom stereocenters. The van der Waals surface area contributed by atoms with Crippen molar-refractivity contribution in [3.63, 3.8) is 0 Å². The number of rotatable bonds is 1. The standard InChI is InChI=1S/C6H7NS2/c1-5-4-7-3-2-6(5)9-8/h2-4,8H,1H3. The van der Waals surface area contributed by atoms with Gasteiger partial charge in [-0.2, -0.15) is 0 Å². The van der Waals surface area contributed by atoms with E-state index in [9.17, 15) is 0 Å². The number of thiol groups is 1. The van der Waals surface area contributed by atoms with E-state index in [4.69, 9.17) is 0 Å². The van der Waals surface area contributed by atoms with Crippen molar-refractivity contribution in [3.8, 4) is 0 Å². The van der Waals surface area contributed by atoms with Crippen LogP contribution in [0.1, 0.15) is 5.56 Å². The van der Waals surface area contributed by atoms with Crippen molar-refractivity contribution in [1.29, 1.82) is 0 Å². The Labute approximate surface area is 63.7 Å². The van der Waals surface area contributed by atoms with Gasteiger partial charge < -0.3 is 0 Å². The molecule has 0 bridgehead atoms. The molecular formula is C6H7NS2. The van der Waals surface area contributed by atoms with Gasteiger partial charge in [0.25, 0.3) is 0 Å². The van der Waals surface area contributed by atoms with Gasteiger partial charge >= 0.3 is 0 Å². The molecule has 3 heteroatoms. The minimum Gasteiger partial charge on any atom is -0.264 e. The smallest absolute Gasteiger partial charge is 0.0308 e. The van der Waals surface area contributed by atoms with Gasteiger partial charge in [0.1, 0.15) is 0 Å². The van der Waals surface area contributed by atoms with Gasteiger partial charge in [0, 0.05) is 17.3 Å². The average molecular weight is 157 g/mol. The predicted octanol–water partition coefficient (Wildman–Crippen LogP) is 2.33. The van der Waals surface area contributed by atoms with Gasteiger partial charge in [-0.15, -0.1) is 11.7 Å². The molecular weight excluding hydrogens is 150 g/mol. The highest BCUT2D eigenvalue weighted by Crippen LogP contribution is 2.23. The minimum atomic E-state index is 1.17. The number of aromatic nitrogens is 1. The average Bonchev–Trinajstić information content (AvgIpc) is 1.89. The largest absolute Gasteiger partial charge is 0.264 e. The summed E-state index contributed by atoms with van der Waals surface area (Å²) in [7, 11) is 1.45. The van der Waals surface area contributed by atoms with E-state index in [1.165, 1.54) is 21.3 Å². The third kappa shape index (κ3) is 1.63. The van der Waals surface area contributed by atoms with Crippen LogP contribution in [0, 0.1) is 6.92 Å². The van der Waals surface area contributed by atoms with E-state index in [0.717, 1.165) is 0 Å². The molecule has 1 nitrogen and oxygen atoms in total. The molecule has 1 aromatic heterocycles. The molecule has 0 unspecified atom stereocenters. The molecule has 0 aliphatic rings. The quantitative estimate of drug-likeness (QED) is 0.496. The third-order valence-electron chi connectivity index (χ3n) is 1.07. The molecule has 0 spiro atoms. The summed E-state index contributed by atoms with van der Waals surface area (Å²) >= 11 is 4.07. The van der Waals surface area contributed by atoms with Crippen molar-refractivity contribution in [2.24, 2.45) is 0 Å². The first-order chi connectivity index (χ1) is 4.34. The van der Waals surface area contributed by atoms with E-state index in [0.29, 0.717) is 0 Å². The second-order valence-electron chi connectivity index (χ2n) is 1.73. The van der Waals surface area contributed by atoms with Crippen molar-refractivity contribution in [2.75, 3.05) is 0 Å². The summed E-state index contributed by atoms with van der Waals surface area (Å²) in [5, 5.41) is 0. The van der Waals surface area contributed by atoms with E-state index in [-0.39, 0.29) is 0 Å². The molecule has 1 heterocycles. The van der Waals surface area contributed by atoms with E-state index in [1.807, 2.05) is 19.2 Å². The van der Waals surface area contributed by atoms with Crippen LogP contribution in [-0.2, 0) is 0 Å². The summed E-state index contributed by atoms with van der Waals surface area (Å²) < 4.78 is 0. The summed E-state index contributed by atoms with van der Waals surface area (Å²) in [6.07, 6.45) is 3.60. The molecule has 0 saturated heterocycles. The zero-order valence-electron chi connectivity index (χ0n) is 5.03. The molecule has 1 aromatic rings. The zero-order valence-corrected chi connectivity index (χ0v) is 6.75. The Morgan fingerprint density at radius 3 is 2.89 bits per heavy atom. The summed E-state index contributed by atoms with van der Waals surface area (Å²) in [5.74, 6) is 0. The lowest BCUT2D eigenvalue weighted by atomic mass is 10.3. The molecule has 0 N–H and O–H groups in total. The monoisotopic (exact) mass is 157 g/mol. The van der Waals surface area contributed by atoms with Crippen molar-refractivity contribution >= 4 is 22.5 Å². The van der Waals surface area contributed by atoms with Crippen LogP contribution in [-0.4, -0.2) is 4.98 Å². The molecule has 0 aliphatic heterocycles. The van der Waals surface area contributed by atoms with Gasteiger partial charge in [-0.1, -0.05) is 10.8 Å². The first-order valence-corrected chi connectivity index (χ1v) is 4.43. The Hall–Kier alpha value is -0.150. The zero-order chi connectivity index (χ0) is 6.69. The Balaban J connectivity index is 3.01. The highest BCUT2D eigenvalue weighted by Gasteiger charge is 1.92. The highest BCUT2D eigenvalue weighted by atomic mass is 33.1.